The number of thioether (sulfide) groups is 1. The first-order valence-electron chi connectivity index (χ1n) is 6.67. The molecule has 0 saturated carbocycles. The molecular weight excluding hydrogens is 298 g/mol. The van der Waals surface area contributed by atoms with Crippen molar-refractivity contribution in [3.63, 3.8) is 0 Å². The van der Waals surface area contributed by atoms with Crippen LogP contribution in [-0.2, 0) is 14.4 Å². The minimum absolute atomic E-state index is 0.223. The van der Waals surface area contributed by atoms with Gasteiger partial charge in [-0.15, -0.1) is 0 Å². The van der Waals surface area contributed by atoms with Gasteiger partial charge in [0, 0.05) is 18.1 Å². The molecule has 2 saturated heterocycles. The third kappa shape index (κ3) is 3.12. The van der Waals surface area contributed by atoms with Crippen LogP contribution in [0.1, 0.15) is 13.3 Å². The molecule has 2 heterocycles. The topological polar surface area (TPSA) is 107 Å². The van der Waals surface area contributed by atoms with E-state index in [0.717, 1.165) is 0 Å². The number of urea groups is 1. The highest BCUT2D eigenvalue weighted by Crippen LogP contribution is 2.21. The lowest BCUT2D eigenvalue weighted by Crippen LogP contribution is -2.64. The lowest BCUT2D eigenvalue weighted by molar-refractivity contribution is -0.141. The van der Waals surface area contributed by atoms with Crippen LogP contribution in [0.5, 0.6) is 0 Å². The summed E-state index contributed by atoms with van der Waals surface area (Å²) in [6, 6.07) is -2.22. The monoisotopic (exact) mass is 315 g/mol. The predicted octanol–water partition coefficient (Wildman–Crippen LogP) is -0.655. The Kier molecular flexibility index (Phi) is 4.71. The molecule has 2 N–H and O–H groups in total. The highest BCUT2D eigenvalue weighted by atomic mass is 32.2. The van der Waals surface area contributed by atoms with Crippen LogP contribution in [-0.4, -0.2) is 75.4 Å². The summed E-state index contributed by atoms with van der Waals surface area (Å²) >= 11 is 1.47. The number of hydrogen-bond donors (Lipinski definition) is 2. The smallest absolute Gasteiger partial charge is 0.327 e. The molecule has 2 fully saturated rings. The maximum atomic E-state index is 12.6. The van der Waals surface area contributed by atoms with E-state index in [0.29, 0.717) is 24.5 Å². The van der Waals surface area contributed by atoms with E-state index >= 15 is 0 Å². The van der Waals surface area contributed by atoms with Crippen molar-refractivity contribution in [3.05, 3.63) is 0 Å². The number of carboxylic acid groups (broad SMARTS) is 1. The lowest BCUT2D eigenvalue weighted by Gasteiger charge is -2.40. The minimum Gasteiger partial charge on any atom is -0.480 e. The van der Waals surface area contributed by atoms with Crippen LogP contribution >= 0.6 is 11.8 Å². The van der Waals surface area contributed by atoms with E-state index in [9.17, 15) is 24.3 Å². The second-order valence-corrected chi connectivity index (χ2v) is 6.02. The molecule has 4 amide bonds. The molecule has 2 unspecified atom stereocenters. The van der Waals surface area contributed by atoms with Gasteiger partial charge < -0.3 is 14.9 Å². The van der Waals surface area contributed by atoms with Crippen LogP contribution in [0.2, 0.25) is 0 Å². The SMILES string of the molecule is CCC1C(=O)NC(=O)CN1C(=O)N1CCSCC1C(=O)O. The zero-order valence-corrected chi connectivity index (χ0v) is 12.4. The van der Waals surface area contributed by atoms with E-state index in [2.05, 4.69) is 5.32 Å². The molecule has 2 aliphatic rings. The number of carbonyl (C=O) groups is 4. The summed E-state index contributed by atoms with van der Waals surface area (Å²) in [4.78, 5) is 49.5. The lowest BCUT2D eigenvalue weighted by atomic mass is 10.1. The quantitative estimate of drug-likeness (QED) is 0.656. The predicted molar refractivity (Wildman–Crippen MR) is 74.8 cm³/mol. The Morgan fingerprint density at radius 2 is 2.10 bits per heavy atom. The summed E-state index contributed by atoms with van der Waals surface area (Å²) in [6.07, 6.45) is 0.366. The third-order valence-electron chi connectivity index (χ3n) is 3.55. The Labute approximate surface area is 125 Å². The van der Waals surface area contributed by atoms with E-state index in [1.807, 2.05) is 0 Å². The normalized spacial score (nSPS) is 26.5. The molecule has 21 heavy (non-hydrogen) atoms. The fraction of sp³-hybridized carbons (Fsp3) is 0.667. The van der Waals surface area contributed by atoms with Crippen LogP contribution in [0.25, 0.3) is 0 Å². The number of nitrogens with zero attached hydrogens (tertiary/aromatic N) is 2. The van der Waals surface area contributed by atoms with Crippen molar-refractivity contribution >= 4 is 35.6 Å². The summed E-state index contributed by atoms with van der Waals surface area (Å²) in [5.41, 5.74) is 0. The summed E-state index contributed by atoms with van der Waals surface area (Å²) in [7, 11) is 0. The first-order valence-corrected chi connectivity index (χ1v) is 7.82. The molecular formula is C12H17N3O5S. The number of imide groups is 1. The molecule has 116 valence electrons. The molecule has 2 aliphatic heterocycles. The average Bonchev–Trinajstić information content (AvgIpc) is 2.45. The number of amides is 4. The second-order valence-electron chi connectivity index (χ2n) is 4.87. The van der Waals surface area contributed by atoms with Crippen molar-refractivity contribution < 1.29 is 24.3 Å². The summed E-state index contributed by atoms with van der Waals surface area (Å²) < 4.78 is 0. The van der Waals surface area contributed by atoms with E-state index in [1.165, 1.54) is 21.6 Å². The van der Waals surface area contributed by atoms with Gasteiger partial charge in [-0.3, -0.25) is 14.9 Å². The van der Waals surface area contributed by atoms with E-state index in [1.54, 1.807) is 6.92 Å². The molecule has 8 nitrogen and oxygen atoms in total. The van der Waals surface area contributed by atoms with Gasteiger partial charge in [-0.2, -0.15) is 11.8 Å². The van der Waals surface area contributed by atoms with Gasteiger partial charge in [0.1, 0.15) is 18.6 Å². The zero-order valence-electron chi connectivity index (χ0n) is 11.6. The van der Waals surface area contributed by atoms with E-state index < -0.39 is 35.9 Å². The maximum Gasteiger partial charge on any atom is 0.327 e. The summed E-state index contributed by atoms with van der Waals surface area (Å²) in [5, 5.41) is 11.4. The molecule has 0 spiro atoms. The molecule has 2 atom stereocenters. The van der Waals surface area contributed by atoms with Crippen LogP contribution in [0.4, 0.5) is 4.79 Å². The highest BCUT2D eigenvalue weighted by Gasteiger charge is 2.41. The Morgan fingerprint density at radius 3 is 2.71 bits per heavy atom. The van der Waals surface area contributed by atoms with Crippen LogP contribution in [0.3, 0.4) is 0 Å². The van der Waals surface area contributed by atoms with Crippen LogP contribution < -0.4 is 5.32 Å². The number of carbonyl (C=O) groups excluding carboxylic acids is 3. The van der Waals surface area contributed by atoms with Crippen LogP contribution in [0, 0.1) is 0 Å². The first-order chi connectivity index (χ1) is 9.95. The van der Waals surface area contributed by atoms with Gasteiger partial charge in [0.15, 0.2) is 0 Å². The van der Waals surface area contributed by atoms with Crippen molar-refractivity contribution in [3.8, 4) is 0 Å². The van der Waals surface area contributed by atoms with Crippen molar-refractivity contribution in [2.75, 3.05) is 24.6 Å². The molecule has 9 heteroatoms. The highest BCUT2D eigenvalue weighted by molar-refractivity contribution is 7.99. The second kappa shape index (κ2) is 6.33. The molecule has 0 aliphatic carbocycles. The minimum atomic E-state index is -1.07. The standard InChI is InChI=1S/C12H17N3O5S/c1-2-7-10(17)13-9(16)5-15(7)12(20)14-3-4-21-6-8(14)11(18)19/h7-8H,2-6H2,1H3,(H,18,19)(H,13,16,17). The van der Waals surface area contributed by atoms with E-state index in [-0.39, 0.29) is 6.54 Å². The van der Waals surface area contributed by atoms with E-state index in [4.69, 9.17) is 0 Å². The summed E-state index contributed by atoms with van der Waals surface area (Å²) in [6.45, 7) is 1.81. The number of nitrogens with one attached hydrogen (secondary N) is 1. The van der Waals surface area contributed by atoms with Gasteiger partial charge in [-0.1, -0.05) is 6.92 Å². The Balaban J connectivity index is 2.21. The molecule has 0 bridgehead atoms. The van der Waals surface area contributed by atoms with Crippen molar-refractivity contribution in [1.82, 2.24) is 15.1 Å². The molecule has 2 rings (SSSR count). The third-order valence-corrected chi connectivity index (χ3v) is 4.57. The van der Waals surface area contributed by atoms with Crippen molar-refractivity contribution in [1.29, 1.82) is 0 Å². The fourth-order valence-corrected chi connectivity index (χ4v) is 3.51. The summed E-state index contributed by atoms with van der Waals surface area (Å²) in [5.74, 6) is -1.18. The fourth-order valence-electron chi connectivity index (χ4n) is 2.48. The Hall–Kier alpha value is -1.77. The number of carboxylic acids is 1. The number of hydrogen-bond acceptors (Lipinski definition) is 5. The molecule has 0 aromatic heterocycles. The van der Waals surface area contributed by atoms with Gasteiger partial charge in [-0.25, -0.2) is 9.59 Å². The first kappa shape index (κ1) is 15.6. The zero-order chi connectivity index (χ0) is 15.6. The Bertz CT molecular complexity index is 484. The van der Waals surface area contributed by atoms with Gasteiger partial charge in [-0.05, 0) is 6.42 Å². The van der Waals surface area contributed by atoms with Gasteiger partial charge in [0.05, 0.1) is 0 Å². The average molecular weight is 315 g/mol. The molecule has 0 radical (unpaired) electrons. The number of piperazine rings is 1. The van der Waals surface area contributed by atoms with Crippen molar-refractivity contribution in [2.45, 2.75) is 25.4 Å². The van der Waals surface area contributed by atoms with Gasteiger partial charge in [0.2, 0.25) is 11.8 Å². The molecule has 0 aromatic carbocycles. The van der Waals surface area contributed by atoms with Gasteiger partial charge >= 0.3 is 12.0 Å². The largest absolute Gasteiger partial charge is 0.480 e. The van der Waals surface area contributed by atoms with Crippen molar-refractivity contribution in [2.24, 2.45) is 0 Å². The number of rotatable bonds is 2. The van der Waals surface area contributed by atoms with Gasteiger partial charge in [0.25, 0.3) is 0 Å². The Morgan fingerprint density at radius 1 is 1.38 bits per heavy atom. The maximum absolute atomic E-state index is 12.6. The molecule has 0 aromatic rings. The van der Waals surface area contributed by atoms with Crippen LogP contribution in [0.15, 0.2) is 0 Å². The number of aliphatic carboxylic acids is 1.